The standard InChI is InChI=1S/C37H58N2O5S/c1-5-7-26(9-12-34(41)42)27-13-17-35(3)29(25(27)2)14-18-36(4)30-15-19-37(16-6-8-31(37)28(30)10-11-32(35)36)38-24-33(40)39-20-22-45(43,44)23-21-39/h7,13,25,28-32,38H,5-6,8-12,14-24H2,1-4H3,(H,41,42)/b26-7+. The van der Waals surface area contributed by atoms with Crippen molar-refractivity contribution < 1.29 is 23.1 Å². The van der Waals surface area contributed by atoms with Crippen molar-refractivity contribution in [1.82, 2.24) is 10.2 Å². The molecule has 5 fully saturated rings. The number of carboxylic acids is 1. The van der Waals surface area contributed by atoms with Crippen molar-refractivity contribution in [3.05, 3.63) is 23.3 Å². The Morgan fingerprint density at radius 1 is 0.978 bits per heavy atom. The molecule has 5 aliphatic carbocycles. The molecule has 0 aromatic heterocycles. The lowest BCUT2D eigenvalue weighted by Gasteiger charge is -2.67. The number of allylic oxidation sites excluding steroid dienone is 4. The van der Waals surface area contributed by atoms with Crippen LogP contribution in [0.5, 0.6) is 0 Å². The van der Waals surface area contributed by atoms with E-state index in [-0.39, 0.29) is 34.8 Å². The molecule has 6 rings (SSSR count). The van der Waals surface area contributed by atoms with Crippen molar-refractivity contribution >= 4 is 21.7 Å². The van der Waals surface area contributed by atoms with Crippen molar-refractivity contribution in [2.24, 2.45) is 46.3 Å². The van der Waals surface area contributed by atoms with E-state index in [9.17, 15) is 23.1 Å². The topological polar surface area (TPSA) is 104 Å². The van der Waals surface area contributed by atoms with E-state index in [4.69, 9.17) is 0 Å². The van der Waals surface area contributed by atoms with E-state index < -0.39 is 15.8 Å². The van der Waals surface area contributed by atoms with Crippen LogP contribution in [0.15, 0.2) is 23.3 Å². The van der Waals surface area contributed by atoms with Crippen molar-refractivity contribution in [2.75, 3.05) is 31.1 Å². The highest BCUT2D eigenvalue weighted by molar-refractivity contribution is 7.91. The second-order valence-electron chi connectivity index (χ2n) is 16.3. The molecule has 6 aliphatic rings. The Bertz CT molecular complexity index is 1330. The number of nitrogens with zero attached hydrogens (tertiary/aromatic N) is 1. The lowest BCUT2D eigenvalue weighted by molar-refractivity contribution is -0.166. The minimum Gasteiger partial charge on any atom is -0.481 e. The molecule has 1 amide bonds. The fourth-order valence-corrected chi connectivity index (χ4v) is 13.6. The van der Waals surface area contributed by atoms with Gasteiger partial charge in [0.2, 0.25) is 5.91 Å². The summed E-state index contributed by atoms with van der Waals surface area (Å²) in [6.45, 7) is 10.8. The summed E-state index contributed by atoms with van der Waals surface area (Å²) >= 11 is 0. The zero-order chi connectivity index (χ0) is 32.2. The number of hydrogen-bond donors (Lipinski definition) is 2. The average molecular weight is 643 g/mol. The van der Waals surface area contributed by atoms with E-state index in [2.05, 4.69) is 45.2 Å². The average Bonchev–Trinajstić information content (AvgIpc) is 3.43. The summed E-state index contributed by atoms with van der Waals surface area (Å²) in [7, 11) is -3.00. The minimum atomic E-state index is -3.00. The van der Waals surface area contributed by atoms with Gasteiger partial charge in [-0.1, -0.05) is 46.3 Å². The van der Waals surface area contributed by atoms with Crippen LogP contribution < -0.4 is 5.32 Å². The Hall–Kier alpha value is -1.67. The normalized spacial score (nSPS) is 42.5. The first-order valence-electron chi connectivity index (χ1n) is 18.2. The highest BCUT2D eigenvalue weighted by atomic mass is 32.2. The highest BCUT2D eigenvalue weighted by Crippen LogP contribution is 2.70. The number of hydrogen-bond acceptors (Lipinski definition) is 5. The predicted molar refractivity (Wildman–Crippen MR) is 178 cm³/mol. The van der Waals surface area contributed by atoms with Crippen molar-refractivity contribution in [1.29, 1.82) is 0 Å². The van der Waals surface area contributed by atoms with Crippen LogP contribution in [-0.4, -0.2) is 67.0 Å². The fourth-order valence-electron chi connectivity index (χ4n) is 12.4. The molecule has 45 heavy (non-hydrogen) atoms. The fraction of sp³-hybridized carbons (Fsp3) is 0.838. The Morgan fingerprint density at radius 2 is 1.71 bits per heavy atom. The molecule has 1 saturated heterocycles. The summed E-state index contributed by atoms with van der Waals surface area (Å²) in [5.41, 5.74) is 3.37. The van der Waals surface area contributed by atoms with Gasteiger partial charge in [-0.05, 0) is 128 Å². The summed E-state index contributed by atoms with van der Waals surface area (Å²) in [6, 6.07) is 0. The van der Waals surface area contributed by atoms with Crippen LogP contribution in [0, 0.1) is 46.3 Å². The van der Waals surface area contributed by atoms with E-state index in [0.29, 0.717) is 61.1 Å². The summed E-state index contributed by atoms with van der Waals surface area (Å²) in [5, 5.41) is 13.2. The summed E-state index contributed by atoms with van der Waals surface area (Å²) in [6.07, 6.45) is 18.9. The Morgan fingerprint density at radius 3 is 2.42 bits per heavy atom. The molecule has 7 nitrogen and oxygen atoms in total. The van der Waals surface area contributed by atoms with E-state index in [0.717, 1.165) is 31.6 Å². The van der Waals surface area contributed by atoms with Gasteiger partial charge in [0.1, 0.15) is 0 Å². The Kier molecular flexibility index (Phi) is 9.17. The molecular formula is C37H58N2O5S. The molecule has 0 aromatic rings. The number of carbonyl (C=O) groups excluding carboxylic acids is 1. The van der Waals surface area contributed by atoms with E-state index in [1.54, 1.807) is 4.90 Å². The SMILES string of the molecule is CC/C=C(\CCC(=O)O)C1=CCC2(C)C(CCC3(C)C4CCC5(NCC(=O)N6CCS(=O)(=O)CC6)CCCC5C4CCC23)C1C. The van der Waals surface area contributed by atoms with Crippen molar-refractivity contribution in [3.63, 3.8) is 0 Å². The molecule has 2 N–H and O–H groups in total. The number of carbonyl (C=O) groups is 2. The molecule has 9 atom stereocenters. The number of nitrogens with one attached hydrogen (secondary N) is 1. The van der Waals surface area contributed by atoms with Crippen molar-refractivity contribution in [2.45, 2.75) is 117 Å². The van der Waals surface area contributed by atoms with Gasteiger partial charge in [0, 0.05) is 25.0 Å². The van der Waals surface area contributed by atoms with Gasteiger partial charge in [0.25, 0.3) is 0 Å². The molecular weight excluding hydrogens is 584 g/mol. The third-order valence-corrected chi connectivity index (χ3v) is 16.0. The van der Waals surface area contributed by atoms with E-state index in [1.807, 2.05) is 0 Å². The maximum absolute atomic E-state index is 13.2. The molecule has 0 bridgehead atoms. The Labute approximate surface area is 272 Å². The highest BCUT2D eigenvalue weighted by Gasteiger charge is 2.64. The van der Waals surface area contributed by atoms with Gasteiger partial charge in [-0.25, -0.2) is 8.42 Å². The van der Waals surface area contributed by atoms with Crippen LogP contribution in [0.25, 0.3) is 0 Å². The van der Waals surface area contributed by atoms with Crippen molar-refractivity contribution in [3.8, 4) is 0 Å². The molecule has 252 valence electrons. The third kappa shape index (κ3) is 5.87. The molecule has 8 heteroatoms. The summed E-state index contributed by atoms with van der Waals surface area (Å²) < 4.78 is 23.8. The van der Waals surface area contributed by atoms with Gasteiger partial charge in [0.05, 0.1) is 18.1 Å². The van der Waals surface area contributed by atoms with Crippen LogP contribution in [-0.2, 0) is 19.4 Å². The second kappa shape index (κ2) is 12.4. The molecule has 1 aliphatic heterocycles. The quantitative estimate of drug-likeness (QED) is 0.318. The number of amides is 1. The molecule has 0 aromatic carbocycles. The molecule has 0 radical (unpaired) electrons. The number of fused-ring (bicyclic) bond motifs is 7. The number of aliphatic carboxylic acids is 1. The van der Waals surface area contributed by atoms with Gasteiger partial charge in [0.15, 0.2) is 9.84 Å². The van der Waals surface area contributed by atoms with Gasteiger partial charge in [-0.2, -0.15) is 0 Å². The largest absolute Gasteiger partial charge is 0.481 e. The van der Waals surface area contributed by atoms with Gasteiger partial charge < -0.3 is 15.3 Å². The van der Waals surface area contributed by atoms with E-state index in [1.165, 1.54) is 56.1 Å². The summed E-state index contributed by atoms with van der Waals surface area (Å²) in [5.74, 6) is 3.43. The van der Waals surface area contributed by atoms with Crippen LogP contribution in [0.2, 0.25) is 0 Å². The third-order valence-electron chi connectivity index (χ3n) is 14.4. The van der Waals surface area contributed by atoms with Gasteiger partial charge in [-0.3, -0.25) is 9.59 Å². The first kappa shape index (κ1) is 33.2. The number of sulfone groups is 1. The molecule has 1 heterocycles. The van der Waals surface area contributed by atoms with Crippen LogP contribution in [0.1, 0.15) is 111 Å². The smallest absolute Gasteiger partial charge is 0.303 e. The van der Waals surface area contributed by atoms with Crippen LogP contribution in [0.3, 0.4) is 0 Å². The second-order valence-corrected chi connectivity index (χ2v) is 18.6. The number of rotatable bonds is 8. The lowest BCUT2D eigenvalue weighted by Crippen LogP contribution is -2.63. The maximum atomic E-state index is 13.2. The molecule has 4 saturated carbocycles. The predicted octanol–water partition coefficient (Wildman–Crippen LogP) is 6.40. The monoisotopic (exact) mass is 642 g/mol. The van der Waals surface area contributed by atoms with E-state index >= 15 is 0 Å². The number of carboxylic acid groups (broad SMARTS) is 1. The minimum absolute atomic E-state index is 0.0535. The first-order chi connectivity index (χ1) is 21.3. The summed E-state index contributed by atoms with van der Waals surface area (Å²) in [4.78, 5) is 26.3. The van der Waals surface area contributed by atoms with Gasteiger partial charge in [-0.15, -0.1) is 0 Å². The van der Waals surface area contributed by atoms with Crippen LogP contribution >= 0.6 is 0 Å². The van der Waals surface area contributed by atoms with Gasteiger partial charge >= 0.3 is 5.97 Å². The first-order valence-corrected chi connectivity index (χ1v) is 20.0. The van der Waals surface area contributed by atoms with Crippen LogP contribution in [0.4, 0.5) is 0 Å². The molecule has 0 spiro atoms. The zero-order valence-electron chi connectivity index (χ0n) is 28.3. The zero-order valence-corrected chi connectivity index (χ0v) is 29.1. The Balaban J connectivity index is 1.16. The molecule has 9 unspecified atom stereocenters. The lowest BCUT2D eigenvalue weighted by atomic mass is 9.38. The maximum Gasteiger partial charge on any atom is 0.303 e.